The number of carbonyl (C=O) groups is 2. The number of ketones is 1. The first kappa shape index (κ1) is 16.4. The molecule has 2 heterocycles. The highest BCUT2D eigenvalue weighted by Crippen LogP contribution is 2.23. The molecule has 0 spiro atoms. The van der Waals surface area contributed by atoms with Gasteiger partial charge in [0.05, 0.1) is 28.8 Å². The molecule has 1 aromatic carbocycles. The fourth-order valence-corrected chi connectivity index (χ4v) is 2.66. The van der Waals surface area contributed by atoms with E-state index >= 15 is 0 Å². The van der Waals surface area contributed by atoms with Gasteiger partial charge in [-0.15, -0.1) is 0 Å². The molecule has 25 heavy (non-hydrogen) atoms. The van der Waals surface area contributed by atoms with Crippen LogP contribution in [0.1, 0.15) is 32.0 Å². The molecule has 3 rings (SSSR count). The summed E-state index contributed by atoms with van der Waals surface area (Å²) in [5.41, 5.74) is 1.96. The van der Waals surface area contributed by atoms with E-state index in [9.17, 15) is 19.7 Å². The molecule has 0 atom stereocenters. The predicted octanol–water partition coefficient (Wildman–Crippen LogP) is 3.17. The Kier molecular flexibility index (Phi) is 4.06. The van der Waals surface area contributed by atoms with Crippen LogP contribution in [0.4, 0.5) is 5.69 Å². The van der Waals surface area contributed by atoms with Crippen LogP contribution in [-0.2, 0) is 4.74 Å². The lowest BCUT2D eigenvalue weighted by Gasteiger charge is -2.04. The van der Waals surface area contributed by atoms with Crippen LogP contribution < -0.4 is 0 Å². The van der Waals surface area contributed by atoms with Gasteiger partial charge in [-0.25, -0.2) is 4.79 Å². The Morgan fingerprint density at radius 1 is 1.16 bits per heavy atom. The molecular weight excluding hydrogens is 324 g/mol. The molecule has 0 saturated carbocycles. The molecule has 0 aliphatic rings. The summed E-state index contributed by atoms with van der Waals surface area (Å²) in [5, 5.41) is 10.9. The molecule has 0 saturated heterocycles. The largest absolute Gasteiger partial charge is 0.465 e. The van der Waals surface area contributed by atoms with Crippen LogP contribution in [-0.4, -0.2) is 28.2 Å². The van der Waals surface area contributed by atoms with Crippen molar-refractivity contribution in [2.75, 3.05) is 7.11 Å². The first-order valence-corrected chi connectivity index (χ1v) is 7.41. The number of fused-ring (bicyclic) bond motifs is 1. The number of non-ortho nitro benzene ring substituents is 1. The van der Waals surface area contributed by atoms with Crippen molar-refractivity contribution >= 4 is 23.0 Å². The first-order chi connectivity index (χ1) is 11.9. The molecule has 0 aliphatic carbocycles. The fraction of sp³-hybridized carbons (Fsp3) is 0.111. The van der Waals surface area contributed by atoms with Crippen molar-refractivity contribution in [1.29, 1.82) is 0 Å². The molecule has 0 aliphatic heterocycles. The van der Waals surface area contributed by atoms with Crippen LogP contribution in [0.3, 0.4) is 0 Å². The second kappa shape index (κ2) is 6.20. The average molecular weight is 338 g/mol. The third-order valence-corrected chi connectivity index (χ3v) is 3.88. The number of pyridine rings is 1. The van der Waals surface area contributed by atoms with Crippen LogP contribution in [0.5, 0.6) is 0 Å². The maximum absolute atomic E-state index is 12.8. The third kappa shape index (κ3) is 2.87. The number of rotatable bonds is 4. The van der Waals surface area contributed by atoms with Gasteiger partial charge in [0.2, 0.25) is 5.78 Å². The molecular formula is C18H14N2O5. The van der Waals surface area contributed by atoms with E-state index in [1.165, 1.54) is 37.4 Å². The molecule has 2 aromatic heterocycles. The Balaban J connectivity index is 2.18. The van der Waals surface area contributed by atoms with Crippen LogP contribution in [0, 0.1) is 17.0 Å². The van der Waals surface area contributed by atoms with Crippen molar-refractivity contribution in [2.45, 2.75) is 6.92 Å². The number of esters is 1. The Hall–Kier alpha value is -3.48. The molecule has 0 unspecified atom stereocenters. The predicted molar refractivity (Wildman–Crippen MR) is 90.0 cm³/mol. The first-order valence-electron chi connectivity index (χ1n) is 7.41. The zero-order valence-electron chi connectivity index (χ0n) is 13.6. The number of nitro groups is 1. The van der Waals surface area contributed by atoms with Gasteiger partial charge in [-0.2, -0.15) is 0 Å². The number of nitrogens with zero attached hydrogens (tertiary/aromatic N) is 2. The van der Waals surface area contributed by atoms with E-state index in [4.69, 9.17) is 4.74 Å². The molecule has 0 N–H and O–H groups in total. The number of nitro benzene ring substituents is 1. The standard InChI is InChI=1S/C18H14N2O5/c1-11-6-7-19-15(8-11)14(18(22)25-2)10-16(19)17(21)12-4-3-5-13(9-12)20(23)24/h3-10H,1-2H3. The molecule has 0 radical (unpaired) electrons. The summed E-state index contributed by atoms with van der Waals surface area (Å²) in [7, 11) is 1.27. The van der Waals surface area contributed by atoms with Gasteiger partial charge in [-0.3, -0.25) is 14.9 Å². The minimum Gasteiger partial charge on any atom is -0.465 e. The van der Waals surface area contributed by atoms with E-state index in [1.54, 1.807) is 22.7 Å². The lowest BCUT2D eigenvalue weighted by atomic mass is 10.1. The minimum absolute atomic E-state index is 0.171. The van der Waals surface area contributed by atoms with Gasteiger partial charge in [-0.1, -0.05) is 12.1 Å². The summed E-state index contributed by atoms with van der Waals surface area (Å²) >= 11 is 0. The summed E-state index contributed by atoms with van der Waals surface area (Å²) in [4.78, 5) is 35.2. The van der Waals surface area contributed by atoms with Crippen LogP contribution >= 0.6 is 0 Å². The van der Waals surface area contributed by atoms with Gasteiger partial charge >= 0.3 is 5.97 Å². The number of aromatic nitrogens is 1. The normalized spacial score (nSPS) is 10.6. The number of benzene rings is 1. The second-order valence-electron chi connectivity index (χ2n) is 5.53. The third-order valence-electron chi connectivity index (χ3n) is 3.88. The summed E-state index contributed by atoms with van der Waals surface area (Å²) in [6.07, 6.45) is 1.68. The van der Waals surface area contributed by atoms with Crippen molar-refractivity contribution in [1.82, 2.24) is 4.40 Å². The number of ether oxygens (including phenoxy) is 1. The lowest BCUT2D eigenvalue weighted by Crippen LogP contribution is -2.05. The van der Waals surface area contributed by atoms with Crippen molar-refractivity contribution in [3.8, 4) is 0 Å². The van der Waals surface area contributed by atoms with E-state index in [1.807, 2.05) is 6.92 Å². The smallest absolute Gasteiger partial charge is 0.340 e. The SMILES string of the molecule is COC(=O)c1cc(C(=O)c2cccc([N+](=O)[O-])c2)n2ccc(C)cc12. The maximum atomic E-state index is 12.8. The van der Waals surface area contributed by atoms with Crippen molar-refractivity contribution in [2.24, 2.45) is 0 Å². The van der Waals surface area contributed by atoms with E-state index in [-0.39, 0.29) is 22.5 Å². The quantitative estimate of drug-likeness (QED) is 0.315. The van der Waals surface area contributed by atoms with Crippen LogP contribution in [0.25, 0.3) is 5.52 Å². The highest BCUT2D eigenvalue weighted by molar-refractivity contribution is 6.11. The van der Waals surface area contributed by atoms with Gasteiger partial charge < -0.3 is 9.14 Å². The van der Waals surface area contributed by atoms with Crippen molar-refractivity contribution in [3.05, 3.63) is 81.2 Å². The van der Waals surface area contributed by atoms with E-state index < -0.39 is 16.7 Å². The van der Waals surface area contributed by atoms with Crippen LogP contribution in [0.15, 0.2) is 48.7 Å². The van der Waals surface area contributed by atoms with Gasteiger partial charge in [0.15, 0.2) is 0 Å². The van der Waals surface area contributed by atoms with Gasteiger partial charge in [0.25, 0.3) is 5.69 Å². The Morgan fingerprint density at radius 3 is 2.60 bits per heavy atom. The Morgan fingerprint density at radius 2 is 1.92 bits per heavy atom. The van der Waals surface area contributed by atoms with Gasteiger partial charge in [0, 0.05) is 23.9 Å². The summed E-state index contributed by atoms with van der Waals surface area (Å²) in [6, 6.07) is 10.5. The van der Waals surface area contributed by atoms with E-state index in [2.05, 4.69) is 0 Å². The lowest BCUT2D eigenvalue weighted by molar-refractivity contribution is -0.384. The topological polar surface area (TPSA) is 90.9 Å². The molecule has 0 fully saturated rings. The second-order valence-corrected chi connectivity index (χ2v) is 5.53. The number of aryl methyl sites for hydroxylation is 1. The molecule has 3 aromatic rings. The van der Waals surface area contributed by atoms with E-state index in [0.717, 1.165) is 5.56 Å². The summed E-state index contributed by atoms with van der Waals surface area (Å²) < 4.78 is 6.36. The molecule has 0 bridgehead atoms. The number of carbonyl (C=O) groups excluding carboxylic acids is 2. The van der Waals surface area contributed by atoms with Gasteiger partial charge in [0.1, 0.15) is 0 Å². The molecule has 7 heteroatoms. The zero-order chi connectivity index (χ0) is 18.1. The van der Waals surface area contributed by atoms with Crippen LogP contribution in [0.2, 0.25) is 0 Å². The summed E-state index contributed by atoms with van der Waals surface area (Å²) in [5.74, 6) is -0.973. The number of methoxy groups -OCH3 is 1. The Bertz CT molecular complexity index is 1020. The Labute approximate surface area is 142 Å². The van der Waals surface area contributed by atoms with E-state index in [0.29, 0.717) is 5.52 Å². The molecule has 7 nitrogen and oxygen atoms in total. The zero-order valence-corrected chi connectivity index (χ0v) is 13.6. The highest BCUT2D eigenvalue weighted by Gasteiger charge is 2.22. The summed E-state index contributed by atoms with van der Waals surface area (Å²) in [6.45, 7) is 1.87. The number of hydrogen-bond acceptors (Lipinski definition) is 5. The van der Waals surface area contributed by atoms with Crippen molar-refractivity contribution in [3.63, 3.8) is 0 Å². The highest BCUT2D eigenvalue weighted by atomic mass is 16.6. The molecule has 0 amide bonds. The fourth-order valence-electron chi connectivity index (χ4n) is 2.66. The average Bonchev–Trinajstić information content (AvgIpc) is 2.99. The minimum atomic E-state index is -0.559. The van der Waals surface area contributed by atoms with Crippen molar-refractivity contribution < 1.29 is 19.2 Å². The monoisotopic (exact) mass is 338 g/mol. The number of hydrogen-bond donors (Lipinski definition) is 0. The maximum Gasteiger partial charge on any atom is 0.340 e. The van der Waals surface area contributed by atoms with Gasteiger partial charge in [-0.05, 0) is 30.7 Å². The molecule has 126 valence electrons.